The Balaban J connectivity index is 2.16. The Labute approximate surface area is 150 Å². The molecule has 0 aromatic heterocycles. The van der Waals surface area contributed by atoms with Gasteiger partial charge < -0.3 is 4.90 Å². The minimum atomic E-state index is -3.66. The van der Waals surface area contributed by atoms with Crippen LogP contribution in [0.4, 0.5) is 5.69 Å². The molecule has 0 heterocycles. The summed E-state index contributed by atoms with van der Waals surface area (Å²) in [6.45, 7) is 5.10. The van der Waals surface area contributed by atoms with Crippen molar-refractivity contribution in [1.29, 1.82) is 0 Å². The quantitative estimate of drug-likeness (QED) is 0.788. The molecule has 0 radical (unpaired) electrons. The van der Waals surface area contributed by atoms with Gasteiger partial charge in [0.05, 0.1) is 4.90 Å². The van der Waals surface area contributed by atoms with Crippen LogP contribution >= 0.6 is 15.9 Å². The molecule has 0 unspecified atom stereocenters. The molecule has 0 aliphatic rings. The molecule has 128 valence electrons. The second-order valence-electron chi connectivity index (χ2n) is 5.11. The number of anilines is 1. The number of carbonyl (C=O) groups excluding carboxylic acids is 1. The lowest BCUT2D eigenvalue weighted by Gasteiger charge is -2.18. The zero-order chi connectivity index (χ0) is 17.7. The summed E-state index contributed by atoms with van der Waals surface area (Å²) in [6, 6.07) is 12.8. The van der Waals surface area contributed by atoms with E-state index < -0.39 is 10.0 Å². The average Bonchev–Trinajstić information content (AvgIpc) is 2.56. The highest BCUT2D eigenvalue weighted by molar-refractivity contribution is 9.10. The number of nitrogens with one attached hydrogen (secondary N) is 1. The molecular formula is C17H19BrN2O3S. The Hall–Kier alpha value is -1.86. The van der Waals surface area contributed by atoms with Gasteiger partial charge in [-0.3, -0.25) is 9.52 Å². The van der Waals surface area contributed by atoms with Gasteiger partial charge in [-0.15, -0.1) is 0 Å². The van der Waals surface area contributed by atoms with Gasteiger partial charge in [-0.1, -0.05) is 15.9 Å². The number of carbonyl (C=O) groups is 1. The second kappa shape index (κ2) is 7.81. The standard InChI is InChI=1S/C17H19BrN2O3S/c1-3-20(4-2)17(21)13-5-9-15(10-6-13)19-24(22,23)16-11-7-14(18)8-12-16/h5-12,19H,3-4H2,1-2H3. The van der Waals surface area contributed by atoms with Crippen molar-refractivity contribution in [2.24, 2.45) is 0 Å². The summed E-state index contributed by atoms with van der Waals surface area (Å²) in [7, 11) is -3.66. The first-order chi connectivity index (χ1) is 11.4. The molecule has 0 aliphatic carbocycles. The molecule has 24 heavy (non-hydrogen) atoms. The van der Waals surface area contributed by atoms with Gasteiger partial charge in [-0.2, -0.15) is 0 Å². The lowest BCUT2D eigenvalue weighted by Crippen LogP contribution is -2.30. The first-order valence-corrected chi connectivity index (χ1v) is 9.82. The van der Waals surface area contributed by atoms with Crippen molar-refractivity contribution in [3.05, 3.63) is 58.6 Å². The van der Waals surface area contributed by atoms with E-state index in [4.69, 9.17) is 0 Å². The van der Waals surface area contributed by atoms with Crippen LogP contribution in [0.1, 0.15) is 24.2 Å². The lowest BCUT2D eigenvalue weighted by molar-refractivity contribution is 0.0773. The van der Waals surface area contributed by atoms with Crippen LogP contribution in [-0.4, -0.2) is 32.3 Å². The van der Waals surface area contributed by atoms with Gasteiger partial charge in [-0.05, 0) is 62.4 Å². The SMILES string of the molecule is CCN(CC)C(=O)c1ccc(NS(=O)(=O)c2ccc(Br)cc2)cc1. The molecule has 0 spiro atoms. The van der Waals surface area contributed by atoms with E-state index >= 15 is 0 Å². The summed E-state index contributed by atoms with van der Waals surface area (Å²) in [5.41, 5.74) is 0.944. The Kier molecular flexibility index (Phi) is 6.01. The van der Waals surface area contributed by atoms with Gasteiger partial charge in [0.25, 0.3) is 15.9 Å². The number of rotatable bonds is 6. The molecule has 0 bridgehead atoms. The Morgan fingerprint density at radius 2 is 1.54 bits per heavy atom. The zero-order valence-corrected chi connectivity index (χ0v) is 15.9. The molecule has 0 saturated carbocycles. The first kappa shape index (κ1) is 18.5. The van der Waals surface area contributed by atoms with Crippen LogP contribution in [0.25, 0.3) is 0 Å². The number of benzene rings is 2. The molecule has 0 saturated heterocycles. The average molecular weight is 411 g/mol. The van der Waals surface area contributed by atoms with E-state index in [1.54, 1.807) is 41.3 Å². The molecular weight excluding hydrogens is 392 g/mol. The maximum absolute atomic E-state index is 12.3. The van der Waals surface area contributed by atoms with Gasteiger partial charge in [0.1, 0.15) is 0 Å². The summed E-state index contributed by atoms with van der Waals surface area (Å²) < 4.78 is 28.0. The molecule has 1 amide bonds. The summed E-state index contributed by atoms with van der Waals surface area (Å²) in [4.78, 5) is 14.1. The van der Waals surface area contributed by atoms with Gasteiger partial charge in [0, 0.05) is 28.8 Å². The van der Waals surface area contributed by atoms with Crippen LogP contribution in [0, 0.1) is 0 Å². The third kappa shape index (κ3) is 4.36. The third-order valence-electron chi connectivity index (χ3n) is 3.56. The fourth-order valence-corrected chi connectivity index (χ4v) is 3.53. The monoisotopic (exact) mass is 410 g/mol. The van der Waals surface area contributed by atoms with Crippen molar-refractivity contribution >= 4 is 37.5 Å². The smallest absolute Gasteiger partial charge is 0.261 e. The predicted molar refractivity (Wildman–Crippen MR) is 98.6 cm³/mol. The minimum absolute atomic E-state index is 0.0673. The molecule has 0 aliphatic heterocycles. The van der Waals surface area contributed by atoms with Crippen LogP contribution in [0.15, 0.2) is 57.9 Å². The van der Waals surface area contributed by atoms with Crippen LogP contribution in [-0.2, 0) is 10.0 Å². The van der Waals surface area contributed by atoms with Crippen LogP contribution in [0.3, 0.4) is 0 Å². The van der Waals surface area contributed by atoms with E-state index in [9.17, 15) is 13.2 Å². The van der Waals surface area contributed by atoms with Crippen LogP contribution < -0.4 is 4.72 Å². The maximum Gasteiger partial charge on any atom is 0.261 e. The van der Waals surface area contributed by atoms with E-state index in [0.717, 1.165) is 4.47 Å². The second-order valence-corrected chi connectivity index (χ2v) is 7.71. The molecule has 0 atom stereocenters. The van der Waals surface area contributed by atoms with Crippen molar-refractivity contribution in [2.45, 2.75) is 18.7 Å². The fraction of sp³-hybridized carbons (Fsp3) is 0.235. The van der Waals surface area contributed by atoms with Crippen molar-refractivity contribution in [3.8, 4) is 0 Å². The number of hydrogen-bond donors (Lipinski definition) is 1. The molecule has 5 nitrogen and oxygen atoms in total. The topological polar surface area (TPSA) is 66.5 Å². The van der Waals surface area contributed by atoms with Gasteiger partial charge in [-0.25, -0.2) is 8.42 Å². The van der Waals surface area contributed by atoms with Crippen LogP contribution in [0.5, 0.6) is 0 Å². The van der Waals surface area contributed by atoms with Gasteiger partial charge >= 0.3 is 0 Å². The fourth-order valence-electron chi connectivity index (χ4n) is 2.20. The van der Waals surface area contributed by atoms with Crippen LogP contribution in [0.2, 0.25) is 0 Å². The van der Waals surface area contributed by atoms with Crippen molar-refractivity contribution in [3.63, 3.8) is 0 Å². The molecule has 2 aromatic rings. The van der Waals surface area contributed by atoms with Crippen molar-refractivity contribution in [2.75, 3.05) is 17.8 Å². The Bertz CT molecular complexity index is 799. The van der Waals surface area contributed by atoms with Crippen molar-refractivity contribution in [1.82, 2.24) is 4.90 Å². The predicted octanol–water partition coefficient (Wildman–Crippen LogP) is 3.73. The summed E-state index contributed by atoms with van der Waals surface area (Å²) >= 11 is 3.27. The molecule has 7 heteroatoms. The molecule has 2 rings (SSSR count). The summed E-state index contributed by atoms with van der Waals surface area (Å²) in [5.74, 6) is -0.0673. The van der Waals surface area contributed by atoms with E-state index in [-0.39, 0.29) is 10.8 Å². The highest BCUT2D eigenvalue weighted by atomic mass is 79.9. The van der Waals surface area contributed by atoms with E-state index in [2.05, 4.69) is 20.7 Å². The number of sulfonamides is 1. The molecule has 2 aromatic carbocycles. The normalized spacial score (nSPS) is 11.1. The number of hydrogen-bond acceptors (Lipinski definition) is 3. The van der Waals surface area contributed by atoms with E-state index in [1.165, 1.54) is 12.1 Å². The number of amides is 1. The van der Waals surface area contributed by atoms with Gasteiger partial charge in [0.2, 0.25) is 0 Å². The Morgan fingerprint density at radius 3 is 2.04 bits per heavy atom. The highest BCUT2D eigenvalue weighted by Gasteiger charge is 2.15. The van der Waals surface area contributed by atoms with E-state index in [1.807, 2.05) is 13.8 Å². The summed E-state index contributed by atoms with van der Waals surface area (Å²) in [6.07, 6.45) is 0. The number of halogens is 1. The Morgan fingerprint density at radius 1 is 1.00 bits per heavy atom. The third-order valence-corrected chi connectivity index (χ3v) is 5.48. The minimum Gasteiger partial charge on any atom is -0.339 e. The summed E-state index contributed by atoms with van der Waals surface area (Å²) in [5, 5.41) is 0. The first-order valence-electron chi connectivity index (χ1n) is 7.55. The zero-order valence-electron chi connectivity index (χ0n) is 13.5. The molecule has 1 N–H and O–H groups in total. The van der Waals surface area contributed by atoms with E-state index in [0.29, 0.717) is 24.3 Å². The maximum atomic E-state index is 12.3. The number of nitrogens with zero attached hydrogens (tertiary/aromatic N) is 1. The largest absolute Gasteiger partial charge is 0.339 e. The van der Waals surface area contributed by atoms with Crippen molar-refractivity contribution < 1.29 is 13.2 Å². The molecule has 0 fully saturated rings. The lowest BCUT2D eigenvalue weighted by atomic mass is 10.2. The van der Waals surface area contributed by atoms with Gasteiger partial charge in [0.15, 0.2) is 0 Å². The highest BCUT2D eigenvalue weighted by Crippen LogP contribution is 2.19.